The molecule has 0 bridgehead atoms. The molecule has 21 heavy (non-hydrogen) atoms. The molecule has 1 aliphatic heterocycles. The molecule has 2 heterocycles. The van der Waals surface area contributed by atoms with E-state index >= 15 is 0 Å². The highest BCUT2D eigenvalue weighted by atomic mass is 16.5. The molecule has 0 atom stereocenters. The van der Waals surface area contributed by atoms with E-state index in [4.69, 9.17) is 4.74 Å². The highest BCUT2D eigenvalue weighted by Crippen LogP contribution is 2.33. The number of aromatic nitrogens is 1. The fraction of sp³-hybridized carbons (Fsp3) is 0.412. The lowest BCUT2D eigenvalue weighted by Gasteiger charge is -2.22. The third-order valence-electron chi connectivity index (χ3n) is 3.99. The van der Waals surface area contributed by atoms with E-state index in [0.717, 1.165) is 48.1 Å². The van der Waals surface area contributed by atoms with Crippen molar-refractivity contribution in [2.75, 3.05) is 24.6 Å². The molecule has 0 radical (unpaired) electrons. The average Bonchev–Trinajstić information content (AvgIpc) is 3.00. The van der Waals surface area contributed by atoms with Crippen LogP contribution in [0.5, 0.6) is 0 Å². The third-order valence-corrected chi connectivity index (χ3v) is 3.99. The van der Waals surface area contributed by atoms with Crippen LogP contribution in [0.4, 0.5) is 5.69 Å². The lowest BCUT2D eigenvalue weighted by molar-refractivity contribution is 0.0527. The van der Waals surface area contributed by atoms with Gasteiger partial charge in [0.1, 0.15) is 5.56 Å². The van der Waals surface area contributed by atoms with Crippen LogP contribution in [0.3, 0.4) is 0 Å². The summed E-state index contributed by atoms with van der Waals surface area (Å²) in [6.07, 6.45) is 4.00. The fourth-order valence-corrected chi connectivity index (χ4v) is 3.00. The maximum absolute atomic E-state index is 12.3. The summed E-state index contributed by atoms with van der Waals surface area (Å²) in [7, 11) is 0. The molecule has 0 N–H and O–H groups in total. The smallest absolute Gasteiger partial charge is 0.341 e. The van der Waals surface area contributed by atoms with Crippen molar-refractivity contribution in [3.8, 4) is 0 Å². The van der Waals surface area contributed by atoms with Gasteiger partial charge in [-0.15, -0.1) is 0 Å². The molecule has 0 aliphatic carbocycles. The predicted octanol–water partition coefficient (Wildman–Crippen LogP) is 3.32. The topological polar surface area (TPSA) is 42.4 Å². The molecule has 3 rings (SSSR count). The molecule has 4 nitrogen and oxygen atoms in total. The van der Waals surface area contributed by atoms with E-state index < -0.39 is 0 Å². The van der Waals surface area contributed by atoms with E-state index in [1.54, 1.807) is 6.20 Å². The number of carbonyl (C=O) groups excluding carboxylic acids is 1. The van der Waals surface area contributed by atoms with Gasteiger partial charge in [-0.25, -0.2) is 4.79 Å². The minimum atomic E-state index is -0.282. The van der Waals surface area contributed by atoms with Gasteiger partial charge in [0.05, 0.1) is 17.8 Å². The maximum Gasteiger partial charge on any atom is 0.341 e. The second-order valence-corrected chi connectivity index (χ2v) is 5.41. The van der Waals surface area contributed by atoms with Gasteiger partial charge in [-0.2, -0.15) is 0 Å². The summed E-state index contributed by atoms with van der Waals surface area (Å²) >= 11 is 0. The Kier molecular flexibility index (Phi) is 3.78. The summed E-state index contributed by atoms with van der Waals surface area (Å²) in [4.78, 5) is 19.0. The highest BCUT2D eigenvalue weighted by Gasteiger charge is 2.23. The van der Waals surface area contributed by atoms with Crippen molar-refractivity contribution in [3.63, 3.8) is 0 Å². The van der Waals surface area contributed by atoms with Crippen molar-refractivity contribution < 1.29 is 9.53 Å². The number of carbonyl (C=O) groups is 1. The van der Waals surface area contributed by atoms with Gasteiger partial charge in [0.2, 0.25) is 0 Å². The number of esters is 1. The zero-order valence-corrected chi connectivity index (χ0v) is 12.6. The van der Waals surface area contributed by atoms with E-state index in [2.05, 4.69) is 9.88 Å². The summed E-state index contributed by atoms with van der Waals surface area (Å²) in [5.74, 6) is -0.282. The molecular formula is C17H20N2O2. The Morgan fingerprint density at radius 2 is 2.10 bits per heavy atom. The molecule has 0 spiro atoms. The number of aryl methyl sites for hydroxylation is 1. The van der Waals surface area contributed by atoms with Gasteiger partial charge < -0.3 is 9.64 Å². The van der Waals surface area contributed by atoms with Crippen LogP contribution in [-0.2, 0) is 4.74 Å². The number of anilines is 1. The minimum Gasteiger partial charge on any atom is -0.462 e. The first-order valence-corrected chi connectivity index (χ1v) is 7.52. The Labute approximate surface area is 124 Å². The van der Waals surface area contributed by atoms with Crippen LogP contribution in [-0.4, -0.2) is 30.6 Å². The van der Waals surface area contributed by atoms with Crippen molar-refractivity contribution in [1.82, 2.24) is 4.98 Å². The summed E-state index contributed by atoms with van der Waals surface area (Å²) in [5.41, 5.74) is 3.66. The molecule has 4 heteroatoms. The lowest BCUT2D eigenvalue weighted by Crippen LogP contribution is -2.22. The second kappa shape index (κ2) is 5.72. The van der Waals surface area contributed by atoms with E-state index in [1.807, 2.05) is 32.0 Å². The summed E-state index contributed by atoms with van der Waals surface area (Å²) in [6.45, 7) is 6.22. The summed E-state index contributed by atoms with van der Waals surface area (Å²) in [6, 6.07) is 6.12. The molecule has 0 unspecified atom stereocenters. The molecule has 110 valence electrons. The zero-order chi connectivity index (χ0) is 14.8. The second-order valence-electron chi connectivity index (χ2n) is 5.41. The van der Waals surface area contributed by atoms with Crippen LogP contribution in [0.15, 0.2) is 24.4 Å². The monoisotopic (exact) mass is 284 g/mol. The van der Waals surface area contributed by atoms with E-state index in [0.29, 0.717) is 12.2 Å². The molecular weight excluding hydrogens is 264 g/mol. The third kappa shape index (κ3) is 2.46. The summed E-state index contributed by atoms with van der Waals surface area (Å²) in [5, 5.41) is 1.04. The Morgan fingerprint density at radius 3 is 2.81 bits per heavy atom. The van der Waals surface area contributed by atoms with Crippen LogP contribution in [0.2, 0.25) is 0 Å². The number of ether oxygens (including phenoxy) is 1. The molecule has 1 aliphatic rings. The molecule has 2 aromatic rings. The number of hydrogen-bond acceptors (Lipinski definition) is 4. The average molecular weight is 284 g/mol. The van der Waals surface area contributed by atoms with Gasteiger partial charge in [-0.05, 0) is 32.3 Å². The number of hydrogen-bond donors (Lipinski definition) is 0. The Balaban J connectivity index is 2.22. The molecule has 0 amide bonds. The molecule has 1 aromatic carbocycles. The Bertz CT molecular complexity index is 676. The number of rotatable bonds is 3. The molecule has 1 fully saturated rings. The number of nitrogens with zero attached hydrogens (tertiary/aromatic N) is 2. The number of benzene rings is 1. The van der Waals surface area contributed by atoms with Crippen molar-refractivity contribution >= 4 is 22.6 Å². The largest absolute Gasteiger partial charge is 0.462 e. The maximum atomic E-state index is 12.3. The Morgan fingerprint density at radius 1 is 1.33 bits per heavy atom. The van der Waals surface area contributed by atoms with Crippen LogP contribution in [0.1, 0.15) is 35.7 Å². The van der Waals surface area contributed by atoms with E-state index in [9.17, 15) is 4.79 Å². The van der Waals surface area contributed by atoms with Crippen LogP contribution in [0.25, 0.3) is 10.9 Å². The number of para-hydroxylation sites is 1. The van der Waals surface area contributed by atoms with Crippen molar-refractivity contribution in [2.45, 2.75) is 26.7 Å². The van der Waals surface area contributed by atoms with Crippen LogP contribution in [0, 0.1) is 6.92 Å². The van der Waals surface area contributed by atoms with Gasteiger partial charge >= 0.3 is 5.97 Å². The van der Waals surface area contributed by atoms with Gasteiger partial charge in [0.15, 0.2) is 0 Å². The minimum absolute atomic E-state index is 0.282. The highest BCUT2D eigenvalue weighted by molar-refractivity contribution is 6.05. The van der Waals surface area contributed by atoms with Gasteiger partial charge in [-0.3, -0.25) is 4.98 Å². The van der Waals surface area contributed by atoms with Crippen LogP contribution >= 0.6 is 0 Å². The fourth-order valence-electron chi connectivity index (χ4n) is 3.00. The molecule has 0 saturated carbocycles. The van der Waals surface area contributed by atoms with Gasteiger partial charge in [-0.1, -0.05) is 18.2 Å². The van der Waals surface area contributed by atoms with E-state index in [1.165, 1.54) is 0 Å². The first-order chi connectivity index (χ1) is 10.2. The van der Waals surface area contributed by atoms with Crippen LogP contribution < -0.4 is 4.90 Å². The Hall–Kier alpha value is -2.10. The molecule has 1 aromatic heterocycles. The molecule has 1 saturated heterocycles. The lowest BCUT2D eigenvalue weighted by atomic mass is 10.1. The SMILES string of the molecule is CCOC(=O)c1cnc2c(C)cccc2c1N1CCCC1. The van der Waals surface area contributed by atoms with Crippen molar-refractivity contribution in [3.05, 3.63) is 35.5 Å². The standard InChI is InChI=1S/C17H20N2O2/c1-3-21-17(20)14-11-18-15-12(2)7-6-8-13(15)16(14)19-9-4-5-10-19/h6-8,11H,3-5,9-10H2,1-2H3. The first kappa shape index (κ1) is 13.9. The van der Waals surface area contributed by atoms with Crippen molar-refractivity contribution in [2.24, 2.45) is 0 Å². The first-order valence-electron chi connectivity index (χ1n) is 7.52. The quantitative estimate of drug-likeness (QED) is 0.811. The van der Waals surface area contributed by atoms with Gasteiger partial charge in [0.25, 0.3) is 0 Å². The number of fused-ring (bicyclic) bond motifs is 1. The summed E-state index contributed by atoms with van der Waals surface area (Å²) < 4.78 is 5.20. The van der Waals surface area contributed by atoms with Crippen molar-refractivity contribution in [1.29, 1.82) is 0 Å². The number of pyridine rings is 1. The van der Waals surface area contributed by atoms with E-state index in [-0.39, 0.29) is 5.97 Å². The van der Waals surface area contributed by atoms with Gasteiger partial charge in [0, 0.05) is 24.7 Å². The normalized spacial score (nSPS) is 14.7. The zero-order valence-electron chi connectivity index (χ0n) is 12.6. The predicted molar refractivity (Wildman–Crippen MR) is 83.9 cm³/mol.